The van der Waals surface area contributed by atoms with Crippen LogP contribution in [-0.4, -0.2) is 196 Å². The summed E-state index contributed by atoms with van der Waals surface area (Å²) in [5.41, 5.74) is 29.6. The summed E-state index contributed by atoms with van der Waals surface area (Å²) in [5.74, 6) is -5.92. The highest BCUT2D eigenvalue weighted by atomic mass is 32.1. The van der Waals surface area contributed by atoms with Crippen LogP contribution in [0.2, 0.25) is 0 Å². The molecule has 26 nitrogen and oxygen atoms in total. The van der Waals surface area contributed by atoms with E-state index in [0.717, 1.165) is 11.1 Å². The Morgan fingerprint density at radius 3 is 2.03 bits per heavy atom. The number of hydrogen-bond donors (Lipinski definition) is 13. The molecule has 0 spiro atoms. The molecule has 2 aromatic rings. The van der Waals surface area contributed by atoms with Crippen LogP contribution in [0, 0.1) is 6.92 Å². The van der Waals surface area contributed by atoms with E-state index in [1.165, 1.54) is 26.0 Å². The first-order valence-electron chi connectivity index (χ1n) is 25.5. The highest BCUT2D eigenvalue weighted by molar-refractivity contribution is 7.09. The second-order valence-electron chi connectivity index (χ2n) is 19.3. The summed E-state index contributed by atoms with van der Waals surface area (Å²) in [6.07, 6.45) is 1.89. The summed E-state index contributed by atoms with van der Waals surface area (Å²) in [7, 11) is 0. The summed E-state index contributed by atoms with van der Waals surface area (Å²) >= 11 is 1.30. The quantitative estimate of drug-likeness (QED) is 0.0218. The zero-order valence-electron chi connectivity index (χ0n) is 42.8. The van der Waals surface area contributed by atoms with Gasteiger partial charge in [-0.2, -0.15) is 0 Å². The standard InChI is InChI=1S/C49H75N15O11S/c1-28-12-14-29(15-13-28)21-30(24-57-34(47(74)75)9-3-17-56-49(53)54)59-43(70)37-10-4-18-62(37)45(72)36(27-65)61-41(68)35(23-32-7-6-20-76-32)60-40(67)25-58-42(69)39-22-31(66)26-64(39)46(73)38-11-5-19-63(38)44(71)33(50)8-2-16-55-48(51)52/h6-7,12-15,20,30-31,33-39,57,65-66H,2-5,8-11,16-19,21-27,50H2,1H3,(H,58,69)(H,59,70)(H,60,67)(H,61,68)(H,74,75)(H4,51,52,55)(H4,53,54,56)/t30-,31+,33-,34-,35-,36-,37-,38-,39-/m0/s1. The lowest BCUT2D eigenvalue weighted by atomic mass is 10.0. The Labute approximate surface area is 445 Å². The Morgan fingerprint density at radius 1 is 0.763 bits per heavy atom. The van der Waals surface area contributed by atoms with Gasteiger partial charge in [0.25, 0.3) is 0 Å². The molecular formula is C49H75N15O11S. The van der Waals surface area contributed by atoms with Crippen molar-refractivity contribution in [1.29, 1.82) is 0 Å². The van der Waals surface area contributed by atoms with Gasteiger partial charge in [-0.05, 0) is 81.7 Å². The van der Waals surface area contributed by atoms with Crippen LogP contribution >= 0.6 is 11.3 Å². The minimum Gasteiger partial charge on any atom is -0.480 e. The summed E-state index contributed by atoms with van der Waals surface area (Å²) in [6.45, 7) is 1.21. The Hall–Kier alpha value is -6.94. The molecule has 1 aromatic carbocycles. The van der Waals surface area contributed by atoms with Gasteiger partial charge in [0, 0.05) is 63.0 Å². The second kappa shape index (κ2) is 29.4. The Morgan fingerprint density at radius 2 is 1.41 bits per heavy atom. The first-order chi connectivity index (χ1) is 36.3. The lowest BCUT2D eigenvalue weighted by molar-refractivity contribution is -0.147. The number of nitrogens with one attached hydrogen (secondary N) is 5. The fourth-order valence-corrected chi connectivity index (χ4v) is 10.3. The van der Waals surface area contributed by atoms with Crippen LogP contribution in [-0.2, 0) is 51.2 Å². The number of likely N-dealkylation sites (tertiary alicyclic amines) is 3. The van der Waals surface area contributed by atoms with Gasteiger partial charge in [-0.3, -0.25) is 48.3 Å². The van der Waals surface area contributed by atoms with Gasteiger partial charge in [-0.1, -0.05) is 35.9 Å². The smallest absolute Gasteiger partial charge is 0.320 e. The van der Waals surface area contributed by atoms with Gasteiger partial charge in [0.05, 0.1) is 25.3 Å². The minimum absolute atomic E-state index is 0.0344. The van der Waals surface area contributed by atoms with E-state index in [4.69, 9.17) is 28.7 Å². The van der Waals surface area contributed by atoms with Crippen molar-refractivity contribution in [1.82, 2.24) is 41.3 Å². The molecule has 3 aliphatic heterocycles. The average Bonchev–Trinajstić information content (AvgIpc) is 4.24. The first kappa shape index (κ1) is 59.9. The Kier molecular flexibility index (Phi) is 23.2. The first-order valence-corrected chi connectivity index (χ1v) is 26.4. The van der Waals surface area contributed by atoms with Crippen molar-refractivity contribution in [3.63, 3.8) is 0 Å². The topological polar surface area (TPSA) is 422 Å². The number of carbonyl (C=O) groups is 8. The number of aliphatic imine (C=N–C) groups is 2. The van der Waals surface area contributed by atoms with E-state index in [1.54, 1.807) is 17.5 Å². The van der Waals surface area contributed by atoms with Gasteiger partial charge >= 0.3 is 5.97 Å². The number of hydrogen-bond acceptors (Lipinski definition) is 15. The highest BCUT2D eigenvalue weighted by Gasteiger charge is 2.45. The summed E-state index contributed by atoms with van der Waals surface area (Å²) in [6, 6.07) is 2.65. The zero-order chi connectivity index (χ0) is 55.5. The third-order valence-corrected chi connectivity index (χ3v) is 14.4. The number of benzene rings is 1. The summed E-state index contributed by atoms with van der Waals surface area (Å²) < 4.78 is 0. The molecule has 0 radical (unpaired) electrons. The van der Waals surface area contributed by atoms with Crippen molar-refractivity contribution in [3.05, 3.63) is 57.8 Å². The molecule has 3 saturated heterocycles. The molecule has 18 N–H and O–H groups in total. The number of guanidine groups is 2. The van der Waals surface area contributed by atoms with Crippen molar-refractivity contribution >= 4 is 70.6 Å². The Bertz CT molecular complexity index is 2370. The van der Waals surface area contributed by atoms with E-state index in [2.05, 4.69) is 36.6 Å². The average molecular weight is 1080 g/mol. The predicted octanol–water partition coefficient (Wildman–Crippen LogP) is -4.17. The van der Waals surface area contributed by atoms with E-state index < -0.39 is 115 Å². The number of aliphatic hydroxyl groups excluding tert-OH is 2. The van der Waals surface area contributed by atoms with Crippen LogP contribution < -0.4 is 55.3 Å². The van der Waals surface area contributed by atoms with Crippen LogP contribution in [0.4, 0.5) is 0 Å². The van der Waals surface area contributed by atoms with Crippen molar-refractivity contribution in [3.8, 4) is 0 Å². The number of aliphatic hydroxyl groups is 2. The van der Waals surface area contributed by atoms with Gasteiger partial charge in [-0.25, -0.2) is 0 Å². The van der Waals surface area contributed by atoms with Crippen molar-refractivity contribution in [2.75, 3.05) is 52.4 Å². The van der Waals surface area contributed by atoms with Gasteiger partial charge in [-0.15, -0.1) is 11.3 Å². The van der Waals surface area contributed by atoms with E-state index in [1.807, 2.05) is 31.2 Å². The Balaban J connectivity index is 1.20. The molecule has 76 heavy (non-hydrogen) atoms. The molecule has 5 rings (SSSR count). The molecule has 0 unspecified atom stereocenters. The van der Waals surface area contributed by atoms with Gasteiger partial charge in [0.2, 0.25) is 41.4 Å². The molecule has 7 amide bonds. The van der Waals surface area contributed by atoms with Crippen LogP contribution in [0.5, 0.6) is 0 Å². The lowest BCUT2D eigenvalue weighted by Crippen LogP contribution is -2.59. The lowest BCUT2D eigenvalue weighted by Gasteiger charge is -2.32. The molecule has 1 aromatic heterocycles. The van der Waals surface area contributed by atoms with Crippen LogP contribution in [0.25, 0.3) is 0 Å². The molecular weight excluding hydrogens is 1010 g/mol. The number of aliphatic carboxylic acids is 1. The highest BCUT2D eigenvalue weighted by Crippen LogP contribution is 2.26. The van der Waals surface area contributed by atoms with Gasteiger partial charge in [0.1, 0.15) is 36.3 Å². The number of nitrogens with zero attached hydrogens (tertiary/aromatic N) is 5. The van der Waals surface area contributed by atoms with Gasteiger partial charge < -0.3 is 85.3 Å². The van der Waals surface area contributed by atoms with Crippen molar-refractivity contribution in [2.24, 2.45) is 38.7 Å². The van der Waals surface area contributed by atoms with Crippen LogP contribution in [0.15, 0.2) is 51.8 Å². The van der Waals surface area contributed by atoms with E-state index in [9.17, 15) is 53.7 Å². The maximum absolute atomic E-state index is 14.1. The monoisotopic (exact) mass is 1080 g/mol. The number of carboxylic acids is 1. The number of thiophene rings is 1. The second-order valence-corrected chi connectivity index (χ2v) is 20.4. The molecule has 0 bridgehead atoms. The number of rotatable bonds is 28. The third-order valence-electron chi connectivity index (χ3n) is 13.5. The minimum atomic E-state index is -1.53. The van der Waals surface area contributed by atoms with Crippen molar-refractivity contribution in [2.45, 2.75) is 132 Å². The van der Waals surface area contributed by atoms with E-state index in [0.29, 0.717) is 43.4 Å². The van der Waals surface area contributed by atoms with Crippen LogP contribution in [0.1, 0.15) is 73.8 Å². The maximum Gasteiger partial charge on any atom is 0.320 e. The number of aryl methyl sites for hydroxylation is 1. The predicted molar refractivity (Wildman–Crippen MR) is 282 cm³/mol. The number of amides is 7. The largest absolute Gasteiger partial charge is 0.480 e. The zero-order valence-corrected chi connectivity index (χ0v) is 43.6. The number of β-amino-alcohol motifs (C(OH)–C–C–N with tert-alkyl or cyclic N) is 1. The van der Waals surface area contributed by atoms with Crippen molar-refractivity contribution < 1.29 is 53.7 Å². The van der Waals surface area contributed by atoms with Crippen LogP contribution in [0.3, 0.4) is 0 Å². The molecule has 0 aliphatic carbocycles. The maximum atomic E-state index is 14.1. The third kappa shape index (κ3) is 17.8. The molecule has 3 fully saturated rings. The fourth-order valence-electron chi connectivity index (χ4n) is 9.55. The molecule has 4 heterocycles. The number of nitrogens with two attached hydrogens (primary N) is 5. The van der Waals surface area contributed by atoms with Gasteiger partial charge in [0.15, 0.2) is 11.9 Å². The molecule has 418 valence electrons. The molecule has 27 heteroatoms. The molecule has 0 saturated carbocycles. The number of carbonyl (C=O) groups excluding carboxylic acids is 7. The van der Waals surface area contributed by atoms with E-state index in [-0.39, 0.29) is 83.3 Å². The molecule has 9 atom stereocenters. The fraction of sp³-hybridized carbons (Fsp3) is 0.592. The molecule has 3 aliphatic rings. The summed E-state index contributed by atoms with van der Waals surface area (Å²) in [4.78, 5) is 121. The normalized spacial score (nSPS) is 20.1. The SMILES string of the molecule is Cc1ccc(C[C@@H](CN[C@@H](CCCN=C(N)N)C(=O)O)NC(=O)[C@@H]2CCCN2C(=O)[C@H](CO)NC(=O)[C@H](Cc2cccs2)NC(=O)CNC(=O)[C@@H]2C[C@@H](O)CN2C(=O)[C@@H]2CCCN2C(=O)[C@@H](N)CCCN=C(N)N)cc1. The van der Waals surface area contributed by atoms with E-state index >= 15 is 0 Å². The number of carboxylic acid groups (broad SMARTS) is 1. The summed E-state index contributed by atoms with van der Waals surface area (Å²) in [5, 5.41) is 46.5.